The molecular formula is C12H11N3O. The van der Waals surface area contributed by atoms with Gasteiger partial charge < -0.3 is 10.3 Å². The fourth-order valence-electron chi connectivity index (χ4n) is 1.66. The van der Waals surface area contributed by atoms with Crippen LogP contribution in [0.4, 0.5) is 5.88 Å². The second-order valence-corrected chi connectivity index (χ2v) is 3.71. The summed E-state index contributed by atoms with van der Waals surface area (Å²) in [6, 6.07) is 7.57. The van der Waals surface area contributed by atoms with Crippen molar-refractivity contribution in [2.75, 3.05) is 5.73 Å². The Kier molecular flexibility index (Phi) is 2.37. The van der Waals surface area contributed by atoms with Crippen LogP contribution in [0.25, 0.3) is 11.3 Å². The molecule has 0 atom stereocenters. The van der Waals surface area contributed by atoms with Crippen LogP contribution in [-0.2, 0) is 0 Å². The molecule has 0 amide bonds. The van der Waals surface area contributed by atoms with Gasteiger partial charge in [0.1, 0.15) is 5.69 Å². The maximum atomic E-state index is 8.97. The second kappa shape index (κ2) is 3.70. The lowest BCUT2D eigenvalue weighted by Gasteiger charge is -2.05. The number of nitrogen functional groups attached to an aromatic ring is 1. The van der Waals surface area contributed by atoms with Crippen LogP contribution in [0.1, 0.15) is 16.7 Å². The number of hydrogen-bond donors (Lipinski definition) is 1. The van der Waals surface area contributed by atoms with Crippen molar-refractivity contribution in [3.05, 3.63) is 34.9 Å². The molecule has 0 spiro atoms. The van der Waals surface area contributed by atoms with E-state index in [0.29, 0.717) is 11.3 Å². The molecule has 1 heterocycles. The molecule has 0 aliphatic carbocycles. The van der Waals surface area contributed by atoms with Crippen LogP contribution in [0.2, 0.25) is 0 Å². The molecule has 0 radical (unpaired) electrons. The SMILES string of the molecule is Cc1cc(C)c(-c2cc(N)on2)cc1C#N. The predicted octanol–water partition coefficient (Wildman–Crippen LogP) is 2.41. The van der Waals surface area contributed by atoms with Gasteiger partial charge in [-0.25, -0.2) is 0 Å². The van der Waals surface area contributed by atoms with E-state index in [2.05, 4.69) is 11.2 Å². The highest BCUT2D eigenvalue weighted by molar-refractivity contribution is 5.68. The molecule has 0 bridgehead atoms. The van der Waals surface area contributed by atoms with E-state index >= 15 is 0 Å². The highest BCUT2D eigenvalue weighted by Crippen LogP contribution is 2.26. The van der Waals surface area contributed by atoms with E-state index in [9.17, 15) is 0 Å². The lowest BCUT2D eigenvalue weighted by atomic mass is 9.99. The number of benzene rings is 1. The van der Waals surface area contributed by atoms with E-state index in [1.807, 2.05) is 26.0 Å². The Hall–Kier alpha value is -2.28. The van der Waals surface area contributed by atoms with Gasteiger partial charge >= 0.3 is 0 Å². The van der Waals surface area contributed by atoms with Crippen molar-refractivity contribution >= 4 is 5.88 Å². The third-order valence-corrected chi connectivity index (χ3v) is 2.50. The summed E-state index contributed by atoms with van der Waals surface area (Å²) in [5.41, 5.74) is 9.65. The highest BCUT2D eigenvalue weighted by Gasteiger charge is 2.10. The number of nitrogens with zero attached hydrogens (tertiary/aromatic N) is 2. The van der Waals surface area contributed by atoms with Crippen molar-refractivity contribution in [2.45, 2.75) is 13.8 Å². The van der Waals surface area contributed by atoms with Crippen molar-refractivity contribution < 1.29 is 4.52 Å². The van der Waals surface area contributed by atoms with E-state index in [1.54, 1.807) is 6.07 Å². The molecule has 4 heteroatoms. The Morgan fingerprint density at radius 2 is 2.00 bits per heavy atom. The monoisotopic (exact) mass is 213 g/mol. The van der Waals surface area contributed by atoms with Gasteiger partial charge in [-0.1, -0.05) is 11.2 Å². The molecule has 0 saturated heterocycles. The smallest absolute Gasteiger partial charge is 0.222 e. The average molecular weight is 213 g/mol. The van der Waals surface area contributed by atoms with Crippen LogP contribution < -0.4 is 5.73 Å². The molecule has 1 aromatic heterocycles. The second-order valence-electron chi connectivity index (χ2n) is 3.71. The van der Waals surface area contributed by atoms with Crippen LogP contribution in [0.3, 0.4) is 0 Å². The summed E-state index contributed by atoms with van der Waals surface area (Å²) in [7, 11) is 0. The first-order chi connectivity index (χ1) is 7.61. The van der Waals surface area contributed by atoms with Crippen molar-refractivity contribution in [1.29, 1.82) is 5.26 Å². The van der Waals surface area contributed by atoms with Crippen LogP contribution >= 0.6 is 0 Å². The minimum Gasteiger partial charge on any atom is -0.368 e. The Morgan fingerprint density at radius 3 is 2.56 bits per heavy atom. The fraction of sp³-hybridized carbons (Fsp3) is 0.167. The van der Waals surface area contributed by atoms with Gasteiger partial charge in [-0.3, -0.25) is 0 Å². The predicted molar refractivity (Wildman–Crippen MR) is 60.5 cm³/mol. The minimum atomic E-state index is 0.272. The van der Waals surface area contributed by atoms with Crippen LogP contribution in [0, 0.1) is 25.2 Å². The van der Waals surface area contributed by atoms with Crippen molar-refractivity contribution in [1.82, 2.24) is 5.16 Å². The molecular weight excluding hydrogens is 202 g/mol. The van der Waals surface area contributed by atoms with E-state index in [0.717, 1.165) is 16.7 Å². The largest absolute Gasteiger partial charge is 0.368 e. The van der Waals surface area contributed by atoms with Gasteiger partial charge in [-0.15, -0.1) is 0 Å². The van der Waals surface area contributed by atoms with Gasteiger partial charge in [-0.2, -0.15) is 5.26 Å². The summed E-state index contributed by atoms with van der Waals surface area (Å²) in [6.07, 6.45) is 0. The Balaban J connectivity index is 2.62. The number of nitrogens with two attached hydrogens (primary N) is 1. The van der Waals surface area contributed by atoms with E-state index in [4.69, 9.17) is 15.5 Å². The summed E-state index contributed by atoms with van der Waals surface area (Å²) in [6.45, 7) is 3.88. The zero-order chi connectivity index (χ0) is 11.7. The van der Waals surface area contributed by atoms with Gasteiger partial charge in [0.05, 0.1) is 11.6 Å². The van der Waals surface area contributed by atoms with E-state index in [-0.39, 0.29) is 5.88 Å². The maximum absolute atomic E-state index is 8.97. The first-order valence-electron chi connectivity index (χ1n) is 4.85. The van der Waals surface area contributed by atoms with Crippen LogP contribution in [0.5, 0.6) is 0 Å². The minimum absolute atomic E-state index is 0.272. The van der Waals surface area contributed by atoms with Crippen LogP contribution in [0.15, 0.2) is 22.7 Å². The maximum Gasteiger partial charge on any atom is 0.222 e. The number of hydrogen-bond acceptors (Lipinski definition) is 4. The molecule has 4 nitrogen and oxygen atoms in total. The molecule has 0 fully saturated rings. The molecule has 2 rings (SSSR count). The van der Waals surface area contributed by atoms with Crippen molar-refractivity contribution in [3.63, 3.8) is 0 Å². The molecule has 2 aromatic rings. The third kappa shape index (κ3) is 1.63. The van der Waals surface area contributed by atoms with Gasteiger partial charge in [0.15, 0.2) is 0 Å². The normalized spacial score (nSPS) is 10.1. The van der Waals surface area contributed by atoms with E-state index in [1.165, 1.54) is 0 Å². The summed E-state index contributed by atoms with van der Waals surface area (Å²) >= 11 is 0. The summed E-state index contributed by atoms with van der Waals surface area (Å²) in [5, 5.41) is 12.8. The molecule has 0 saturated carbocycles. The molecule has 0 aliphatic rings. The lowest BCUT2D eigenvalue weighted by Crippen LogP contribution is -1.89. The summed E-state index contributed by atoms with van der Waals surface area (Å²) in [4.78, 5) is 0. The molecule has 0 unspecified atom stereocenters. The van der Waals surface area contributed by atoms with Gasteiger partial charge in [0.25, 0.3) is 0 Å². The molecule has 1 aromatic carbocycles. The molecule has 80 valence electrons. The first kappa shape index (κ1) is 10.2. The van der Waals surface area contributed by atoms with Crippen molar-refractivity contribution in [3.8, 4) is 17.3 Å². The Bertz CT molecular complexity index is 578. The number of aryl methyl sites for hydroxylation is 2. The number of nitriles is 1. The fourth-order valence-corrected chi connectivity index (χ4v) is 1.66. The highest BCUT2D eigenvalue weighted by atomic mass is 16.5. The van der Waals surface area contributed by atoms with Crippen molar-refractivity contribution in [2.24, 2.45) is 0 Å². The van der Waals surface area contributed by atoms with Crippen LogP contribution in [-0.4, -0.2) is 5.16 Å². The average Bonchev–Trinajstić information content (AvgIpc) is 2.65. The summed E-state index contributed by atoms with van der Waals surface area (Å²) < 4.78 is 4.82. The number of aromatic nitrogens is 1. The first-order valence-corrected chi connectivity index (χ1v) is 4.85. The Morgan fingerprint density at radius 1 is 1.25 bits per heavy atom. The quantitative estimate of drug-likeness (QED) is 0.789. The molecule has 0 aliphatic heterocycles. The zero-order valence-corrected chi connectivity index (χ0v) is 9.11. The van der Waals surface area contributed by atoms with Gasteiger partial charge in [0, 0.05) is 11.6 Å². The molecule has 2 N–H and O–H groups in total. The Labute approximate surface area is 93.3 Å². The van der Waals surface area contributed by atoms with Gasteiger partial charge in [-0.05, 0) is 31.0 Å². The topological polar surface area (TPSA) is 75.8 Å². The number of anilines is 1. The third-order valence-electron chi connectivity index (χ3n) is 2.50. The van der Waals surface area contributed by atoms with E-state index < -0.39 is 0 Å². The van der Waals surface area contributed by atoms with Gasteiger partial charge in [0.2, 0.25) is 5.88 Å². The lowest BCUT2D eigenvalue weighted by molar-refractivity contribution is 0.439. The zero-order valence-electron chi connectivity index (χ0n) is 9.11. The summed E-state index contributed by atoms with van der Waals surface area (Å²) in [5.74, 6) is 0.272. The molecule has 16 heavy (non-hydrogen) atoms. The standard InChI is InChI=1S/C12H11N3O/c1-7-3-8(2)10(4-9(7)6-13)11-5-12(14)16-15-11/h3-5H,14H2,1-2H3. The number of rotatable bonds is 1.